The van der Waals surface area contributed by atoms with Gasteiger partial charge in [-0.25, -0.2) is 0 Å². The SMILES string of the molecule is CC1CC=CCC1COCC(=O)Nc1ccccc1C#N. The van der Waals surface area contributed by atoms with E-state index in [1.54, 1.807) is 24.3 Å². The second-order valence-corrected chi connectivity index (χ2v) is 5.40. The highest BCUT2D eigenvalue weighted by atomic mass is 16.5. The van der Waals surface area contributed by atoms with Crippen LogP contribution in [-0.2, 0) is 9.53 Å². The summed E-state index contributed by atoms with van der Waals surface area (Å²) in [5.74, 6) is 0.850. The summed E-state index contributed by atoms with van der Waals surface area (Å²) in [6, 6.07) is 8.99. The highest BCUT2D eigenvalue weighted by Crippen LogP contribution is 2.25. The molecule has 21 heavy (non-hydrogen) atoms. The first-order valence-electron chi connectivity index (χ1n) is 7.22. The van der Waals surface area contributed by atoms with E-state index in [-0.39, 0.29) is 12.5 Å². The Balaban J connectivity index is 1.77. The summed E-state index contributed by atoms with van der Waals surface area (Å²) in [6.07, 6.45) is 6.47. The molecule has 0 heterocycles. The van der Waals surface area contributed by atoms with Crippen molar-refractivity contribution in [3.05, 3.63) is 42.0 Å². The highest BCUT2D eigenvalue weighted by molar-refractivity contribution is 5.92. The molecular weight excluding hydrogens is 264 g/mol. The molecule has 0 spiro atoms. The number of ether oxygens (including phenoxy) is 1. The first kappa shape index (κ1) is 15.3. The van der Waals surface area contributed by atoms with E-state index >= 15 is 0 Å². The van der Waals surface area contributed by atoms with E-state index in [9.17, 15) is 4.79 Å². The number of nitrogens with one attached hydrogen (secondary N) is 1. The maximum atomic E-state index is 11.8. The maximum absolute atomic E-state index is 11.8. The topological polar surface area (TPSA) is 62.1 Å². The second-order valence-electron chi connectivity index (χ2n) is 5.40. The fraction of sp³-hybridized carbons (Fsp3) is 0.412. The van der Waals surface area contributed by atoms with Gasteiger partial charge in [0.25, 0.3) is 0 Å². The van der Waals surface area contributed by atoms with Crippen LogP contribution in [0.2, 0.25) is 0 Å². The lowest BCUT2D eigenvalue weighted by Gasteiger charge is -2.24. The normalized spacial score (nSPS) is 20.8. The summed E-state index contributed by atoms with van der Waals surface area (Å²) in [6.45, 7) is 2.83. The summed E-state index contributed by atoms with van der Waals surface area (Å²) < 4.78 is 5.52. The van der Waals surface area contributed by atoms with Crippen LogP contribution in [0.25, 0.3) is 0 Å². The number of nitrogens with zero attached hydrogens (tertiary/aromatic N) is 1. The van der Waals surface area contributed by atoms with Crippen molar-refractivity contribution in [2.24, 2.45) is 11.8 Å². The van der Waals surface area contributed by atoms with Crippen LogP contribution in [0, 0.1) is 23.2 Å². The van der Waals surface area contributed by atoms with Crippen molar-refractivity contribution in [1.82, 2.24) is 0 Å². The minimum Gasteiger partial charge on any atom is -0.371 e. The Hall–Kier alpha value is -2.12. The average Bonchev–Trinajstić information content (AvgIpc) is 2.50. The Morgan fingerprint density at radius 1 is 1.38 bits per heavy atom. The number of anilines is 1. The predicted octanol–water partition coefficient (Wildman–Crippen LogP) is 3.12. The minimum atomic E-state index is -0.225. The van der Waals surface area contributed by atoms with Gasteiger partial charge in [0, 0.05) is 0 Å². The smallest absolute Gasteiger partial charge is 0.250 e. The van der Waals surface area contributed by atoms with Gasteiger partial charge in [-0.15, -0.1) is 0 Å². The number of carbonyl (C=O) groups is 1. The number of para-hydroxylation sites is 1. The number of nitriles is 1. The molecule has 0 aromatic heterocycles. The molecule has 4 nitrogen and oxygen atoms in total. The summed E-state index contributed by atoms with van der Waals surface area (Å²) in [5, 5.41) is 11.7. The monoisotopic (exact) mass is 284 g/mol. The molecule has 1 aromatic rings. The fourth-order valence-corrected chi connectivity index (χ4v) is 2.42. The highest BCUT2D eigenvalue weighted by Gasteiger charge is 2.18. The van der Waals surface area contributed by atoms with Crippen LogP contribution in [0.5, 0.6) is 0 Å². The zero-order valence-electron chi connectivity index (χ0n) is 12.2. The first-order valence-corrected chi connectivity index (χ1v) is 7.22. The second kappa shape index (κ2) is 7.61. The van der Waals surface area contributed by atoms with Crippen molar-refractivity contribution < 1.29 is 9.53 Å². The summed E-state index contributed by atoms with van der Waals surface area (Å²) in [4.78, 5) is 11.8. The zero-order chi connectivity index (χ0) is 15.1. The van der Waals surface area contributed by atoms with Crippen LogP contribution in [0.3, 0.4) is 0 Å². The molecule has 2 unspecified atom stereocenters. The molecule has 0 saturated carbocycles. The average molecular weight is 284 g/mol. The number of carbonyl (C=O) groups excluding carboxylic acids is 1. The molecular formula is C17H20N2O2. The van der Waals surface area contributed by atoms with E-state index in [4.69, 9.17) is 10.00 Å². The van der Waals surface area contributed by atoms with Crippen molar-refractivity contribution in [2.75, 3.05) is 18.5 Å². The molecule has 4 heteroatoms. The third-order valence-electron chi connectivity index (χ3n) is 3.80. The Morgan fingerprint density at radius 3 is 2.90 bits per heavy atom. The Bertz CT molecular complexity index is 560. The molecule has 0 aliphatic heterocycles. The standard InChI is InChI=1S/C17H20N2O2/c1-13-6-2-3-8-15(13)11-21-12-17(20)19-16-9-5-4-7-14(16)10-18/h2-5,7,9,13,15H,6,8,11-12H2,1H3,(H,19,20). The summed E-state index contributed by atoms with van der Waals surface area (Å²) in [7, 11) is 0. The molecule has 1 aliphatic carbocycles. The number of amides is 1. The molecule has 2 atom stereocenters. The molecule has 0 saturated heterocycles. The molecule has 1 N–H and O–H groups in total. The van der Waals surface area contributed by atoms with Gasteiger partial charge >= 0.3 is 0 Å². The Kier molecular flexibility index (Phi) is 5.53. The van der Waals surface area contributed by atoms with Gasteiger partial charge in [-0.1, -0.05) is 31.2 Å². The lowest BCUT2D eigenvalue weighted by atomic mass is 9.85. The van der Waals surface area contributed by atoms with Crippen LogP contribution in [0.4, 0.5) is 5.69 Å². The van der Waals surface area contributed by atoms with E-state index in [0.717, 1.165) is 12.8 Å². The lowest BCUT2D eigenvalue weighted by molar-refractivity contribution is -0.121. The largest absolute Gasteiger partial charge is 0.371 e. The van der Waals surface area contributed by atoms with Crippen LogP contribution in [-0.4, -0.2) is 19.1 Å². The number of hydrogen-bond donors (Lipinski definition) is 1. The van der Waals surface area contributed by atoms with Crippen molar-refractivity contribution in [3.63, 3.8) is 0 Å². The van der Waals surface area contributed by atoms with Gasteiger partial charge in [0.1, 0.15) is 12.7 Å². The van der Waals surface area contributed by atoms with Gasteiger partial charge in [-0.3, -0.25) is 4.79 Å². The summed E-state index contributed by atoms with van der Waals surface area (Å²) in [5.41, 5.74) is 0.986. The zero-order valence-corrected chi connectivity index (χ0v) is 12.2. The Labute approximate surface area is 125 Å². The van der Waals surface area contributed by atoms with Gasteiger partial charge in [0.15, 0.2) is 0 Å². The molecule has 110 valence electrons. The van der Waals surface area contributed by atoms with Crippen LogP contribution >= 0.6 is 0 Å². The van der Waals surface area contributed by atoms with E-state index in [2.05, 4.69) is 30.5 Å². The maximum Gasteiger partial charge on any atom is 0.250 e. The number of benzene rings is 1. The molecule has 0 fully saturated rings. The molecule has 0 radical (unpaired) electrons. The van der Waals surface area contributed by atoms with Crippen molar-refractivity contribution in [3.8, 4) is 6.07 Å². The Morgan fingerprint density at radius 2 is 2.14 bits per heavy atom. The van der Waals surface area contributed by atoms with Crippen LogP contribution in [0.15, 0.2) is 36.4 Å². The van der Waals surface area contributed by atoms with E-state index in [1.807, 2.05) is 0 Å². The van der Waals surface area contributed by atoms with Gasteiger partial charge in [-0.05, 0) is 36.8 Å². The third-order valence-corrected chi connectivity index (χ3v) is 3.80. The lowest BCUT2D eigenvalue weighted by Crippen LogP contribution is -2.24. The van der Waals surface area contributed by atoms with Crippen molar-refractivity contribution in [1.29, 1.82) is 5.26 Å². The molecule has 2 rings (SSSR count). The molecule has 1 aliphatic rings. The van der Waals surface area contributed by atoms with Crippen LogP contribution < -0.4 is 5.32 Å². The van der Waals surface area contributed by atoms with Crippen molar-refractivity contribution >= 4 is 11.6 Å². The van der Waals surface area contributed by atoms with Crippen LogP contribution in [0.1, 0.15) is 25.3 Å². The number of allylic oxidation sites excluding steroid dienone is 2. The van der Waals surface area contributed by atoms with Gasteiger partial charge in [-0.2, -0.15) is 5.26 Å². The number of rotatable bonds is 5. The van der Waals surface area contributed by atoms with Gasteiger partial charge < -0.3 is 10.1 Å². The van der Waals surface area contributed by atoms with E-state index in [1.165, 1.54) is 0 Å². The van der Waals surface area contributed by atoms with E-state index < -0.39 is 0 Å². The van der Waals surface area contributed by atoms with Gasteiger partial charge in [0.2, 0.25) is 5.91 Å². The number of hydrogen-bond acceptors (Lipinski definition) is 3. The molecule has 0 bridgehead atoms. The fourth-order valence-electron chi connectivity index (χ4n) is 2.42. The molecule has 1 aromatic carbocycles. The first-order chi connectivity index (χ1) is 10.2. The molecule has 1 amide bonds. The van der Waals surface area contributed by atoms with Crippen molar-refractivity contribution in [2.45, 2.75) is 19.8 Å². The quantitative estimate of drug-likeness (QED) is 0.845. The van der Waals surface area contributed by atoms with Gasteiger partial charge in [0.05, 0.1) is 17.9 Å². The minimum absolute atomic E-state index is 0.0205. The third kappa shape index (κ3) is 4.44. The predicted molar refractivity (Wildman–Crippen MR) is 81.6 cm³/mol. The summed E-state index contributed by atoms with van der Waals surface area (Å²) >= 11 is 0. The van der Waals surface area contributed by atoms with E-state index in [0.29, 0.717) is 29.7 Å².